The Morgan fingerprint density at radius 1 is 1.21 bits per heavy atom. The van der Waals surface area contributed by atoms with Gasteiger partial charge in [-0.3, -0.25) is 4.79 Å². The Morgan fingerprint density at radius 3 is 2.68 bits per heavy atom. The summed E-state index contributed by atoms with van der Waals surface area (Å²) in [6.45, 7) is 2.00. The number of hydrogen-bond donors (Lipinski definition) is 1. The van der Waals surface area contributed by atoms with Crippen LogP contribution < -0.4 is 5.32 Å². The van der Waals surface area contributed by atoms with Crippen molar-refractivity contribution >= 4 is 39.1 Å². The highest BCUT2D eigenvalue weighted by atomic mass is 79.9. The van der Waals surface area contributed by atoms with E-state index >= 15 is 0 Å². The van der Waals surface area contributed by atoms with E-state index in [0.717, 1.165) is 11.1 Å². The smallest absolute Gasteiger partial charge is 0.228 e. The fraction of sp³-hybridized carbons (Fsp3) is 0.133. The minimum absolute atomic E-state index is 0.0581. The molecule has 2 rings (SSSR count). The van der Waals surface area contributed by atoms with Crippen LogP contribution in [0.3, 0.4) is 0 Å². The molecule has 0 unspecified atom stereocenters. The molecule has 2 aromatic rings. The van der Waals surface area contributed by atoms with Crippen LogP contribution >= 0.6 is 27.5 Å². The Balaban J connectivity index is 2.10. The Kier molecular flexibility index (Phi) is 4.61. The summed E-state index contributed by atoms with van der Waals surface area (Å²) in [5, 5.41) is 3.43. The van der Waals surface area contributed by atoms with Gasteiger partial charge < -0.3 is 5.32 Å². The largest absolute Gasteiger partial charge is 0.325 e. The van der Waals surface area contributed by atoms with Crippen molar-refractivity contribution in [3.05, 3.63) is 63.1 Å². The molecule has 0 aromatic heterocycles. The average molecular weight is 339 g/mol. The molecular formula is C15H13BrClNO. The van der Waals surface area contributed by atoms with Crippen LogP contribution in [0.2, 0.25) is 5.02 Å². The van der Waals surface area contributed by atoms with Gasteiger partial charge in [-0.25, -0.2) is 0 Å². The van der Waals surface area contributed by atoms with Gasteiger partial charge in [0.2, 0.25) is 5.91 Å². The summed E-state index contributed by atoms with van der Waals surface area (Å²) in [6.07, 6.45) is 0.353. The molecule has 4 heteroatoms. The molecule has 2 nitrogen and oxygen atoms in total. The van der Waals surface area contributed by atoms with Gasteiger partial charge in [-0.05, 0) is 46.1 Å². The molecule has 1 amide bonds. The number of hydrogen-bond acceptors (Lipinski definition) is 1. The molecule has 0 atom stereocenters. The Labute approximate surface area is 125 Å². The fourth-order valence-corrected chi connectivity index (χ4v) is 2.31. The van der Waals surface area contributed by atoms with E-state index in [2.05, 4.69) is 21.2 Å². The summed E-state index contributed by atoms with van der Waals surface area (Å²) < 4.78 is 0.704. The van der Waals surface area contributed by atoms with Gasteiger partial charge in [0.1, 0.15) is 0 Å². The van der Waals surface area contributed by atoms with E-state index < -0.39 is 0 Å². The summed E-state index contributed by atoms with van der Waals surface area (Å²) in [7, 11) is 0. The normalized spacial score (nSPS) is 10.3. The maximum absolute atomic E-state index is 12.0. The van der Waals surface area contributed by atoms with E-state index in [1.165, 1.54) is 0 Å². The van der Waals surface area contributed by atoms with Crippen molar-refractivity contribution in [3.63, 3.8) is 0 Å². The summed E-state index contributed by atoms with van der Waals surface area (Å²) >= 11 is 9.35. The maximum Gasteiger partial charge on any atom is 0.228 e. The molecule has 0 aliphatic rings. The van der Waals surface area contributed by atoms with Gasteiger partial charge in [0.15, 0.2) is 0 Å². The van der Waals surface area contributed by atoms with Gasteiger partial charge in [-0.2, -0.15) is 0 Å². The minimum Gasteiger partial charge on any atom is -0.325 e. The standard InChI is InChI=1S/C15H13BrClNO/c1-10-5-2-3-6-11(10)9-14(19)18-13-8-4-7-12(17)15(13)16/h2-8H,9H2,1H3,(H,18,19). The Morgan fingerprint density at radius 2 is 1.95 bits per heavy atom. The van der Waals surface area contributed by atoms with Crippen molar-refractivity contribution in [2.75, 3.05) is 5.32 Å². The lowest BCUT2D eigenvalue weighted by Crippen LogP contribution is -2.15. The third-order valence-electron chi connectivity index (χ3n) is 2.84. The number of anilines is 1. The quantitative estimate of drug-likeness (QED) is 0.871. The molecule has 0 radical (unpaired) electrons. The van der Waals surface area contributed by atoms with Crippen LogP contribution in [0, 0.1) is 6.92 Å². The zero-order valence-electron chi connectivity index (χ0n) is 10.4. The monoisotopic (exact) mass is 337 g/mol. The van der Waals surface area contributed by atoms with Crippen molar-refractivity contribution < 1.29 is 4.79 Å². The molecular weight excluding hydrogens is 326 g/mol. The van der Waals surface area contributed by atoms with Crippen LogP contribution in [0.25, 0.3) is 0 Å². The van der Waals surface area contributed by atoms with E-state index in [-0.39, 0.29) is 5.91 Å². The van der Waals surface area contributed by atoms with E-state index in [1.807, 2.05) is 37.3 Å². The molecule has 0 saturated carbocycles. The lowest BCUT2D eigenvalue weighted by atomic mass is 10.1. The second-order valence-corrected chi connectivity index (χ2v) is 5.45. The second kappa shape index (κ2) is 6.22. The van der Waals surface area contributed by atoms with Crippen molar-refractivity contribution in [1.29, 1.82) is 0 Å². The lowest BCUT2D eigenvalue weighted by Gasteiger charge is -2.09. The molecule has 0 heterocycles. The zero-order valence-corrected chi connectivity index (χ0v) is 12.8. The van der Waals surface area contributed by atoms with E-state index in [4.69, 9.17) is 11.6 Å². The predicted molar refractivity (Wildman–Crippen MR) is 82.7 cm³/mol. The summed E-state index contributed by atoms with van der Waals surface area (Å²) in [5.74, 6) is -0.0581. The van der Waals surface area contributed by atoms with Gasteiger partial charge in [-0.15, -0.1) is 0 Å². The highest BCUT2D eigenvalue weighted by Gasteiger charge is 2.09. The van der Waals surface area contributed by atoms with E-state index in [9.17, 15) is 4.79 Å². The average Bonchev–Trinajstić information content (AvgIpc) is 2.38. The van der Waals surface area contributed by atoms with Gasteiger partial charge >= 0.3 is 0 Å². The maximum atomic E-state index is 12.0. The fourth-order valence-electron chi connectivity index (χ4n) is 1.78. The third-order valence-corrected chi connectivity index (χ3v) is 4.24. The number of nitrogens with one attached hydrogen (secondary N) is 1. The molecule has 0 aliphatic heterocycles. The summed E-state index contributed by atoms with van der Waals surface area (Å²) in [6, 6.07) is 13.2. The van der Waals surface area contributed by atoms with Crippen molar-refractivity contribution in [3.8, 4) is 0 Å². The molecule has 0 spiro atoms. The Hall–Kier alpha value is -1.32. The molecule has 0 bridgehead atoms. The van der Waals surface area contributed by atoms with Crippen LogP contribution in [-0.2, 0) is 11.2 Å². The molecule has 0 saturated heterocycles. The van der Waals surface area contributed by atoms with Gasteiger partial charge in [0.05, 0.1) is 21.6 Å². The van der Waals surface area contributed by atoms with Crippen LogP contribution in [-0.4, -0.2) is 5.91 Å². The number of rotatable bonds is 3. The van der Waals surface area contributed by atoms with Crippen LogP contribution in [0.5, 0.6) is 0 Å². The number of benzene rings is 2. The Bertz CT molecular complexity index is 613. The SMILES string of the molecule is Cc1ccccc1CC(=O)Nc1cccc(Cl)c1Br. The zero-order chi connectivity index (χ0) is 13.8. The molecule has 0 fully saturated rings. The molecule has 98 valence electrons. The van der Waals surface area contributed by atoms with Gasteiger partial charge in [0, 0.05) is 0 Å². The van der Waals surface area contributed by atoms with E-state index in [1.54, 1.807) is 12.1 Å². The highest BCUT2D eigenvalue weighted by Crippen LogP contribution is 2.30. The third kappa shape index (κ3) is 3.58. The number of halogens is 2. The summed E-state index contributed by atoms with van der Waals surface area (Å²) in [4.78, 5) is 12.0. The number of aryl methyl sites for hydroxylation is 1. The van der Waals surface area contributed by atoms with Crippen molar-refractivity contribution in [1.82, 2.24) is 0 Å². The molecule has 19 heavy (non-hydrogen) atoms. The van der Waals surface area contributed by atoms with E-state index in [0.29, 0.717) is 21.6 Å². The number of amides is 1. The van der Waals surface area contributed by atoms with Crippen LogP contribution in [0.4, 0.5) is 5.69 Å². The second-order valence-electron chi connectivity index (χ2n) is 4.25. The molecule has 2 aromatic carbocycles. The van der Waals surface area contributed by atoms with Crippen LogP contribution in [0.1, 0.15) is 11.1 Å². The highest BCUT2D eigenvalue weighted by molar-refractivity contribution is 9.10. The first kappa shape index (κ1) is 14.1. The first-order valence-corrected chi connectivity index (χ1v) is 7.03. The molecule has 0 aliphatic carbocycles. The topological polar surface area (TPSA) is 29.1 Å². The van der Waals surface area contributed by atoms with Gasteiger partial charge in [-0.1, -0.05) is 41.9 Å². The van der Waals surface area contributed by atoms with Gasteiger partial charge in [0.25, 0.3) is 0 Å². The predicted octanol–water partition coefficient (Wildman–Crippen LogP) is 4.59. The first-order valence-electron chi connectivity index (χ1n) is 5.86. The first-order chi connectivity index (χ1) is 9.08. The summed E-state index contributed by atoms with van der Waals surface area (Å²) in [5.41, 5.74) is 2.83. The van der Waals surface area contributed by atoms with Crippen molar-refractivity contribution in [2.24, 2.45) is 0 Å². The lowest BCUT2D eigenvalue weighted by molar-refractivity contribution is -0.115. The van der Waals surface area contributed by atoms with Crippen LogP contribution in [0.15, 0.2) is 46.9 Å². The minimum atomic E-state index is -0.0581. The number of carbonyl (C=O) groups is 1. The number of carbonyl (C=O) groups excluding carboxylic acids is 1. The molecule has 1 N–H and O–H groups in total. The van der Waals surface area contributed by atoms with Crippen molar-refractivity contribution in [2.45, 2.75) is 13.3 Å².